The molecule has 9 nitrogen and oxygen atoms in total. The molecule has 1 saturated heterocycles. The van der Waals surface area contributed by atoms with Crippen LogP contribution in [0.25, 0.3) is 22.4 Å². The first kappa shape index (κ1) is 30.6. The molecule has 3 heterocycles. The van der Waals surface area contributed by atoms with Crippen molar-refractivity contribution in [3.8, 4) is 11.4 Å². The summed E-state index contributed by atoms with van der Waals surface area (Å²) in [6.07, 6.45) is -3.47. The molecule has 2 unspecified atom stereocenters. The Bertz CT molecular complexity index is 1800. The topological polar surface area (TPSA) is 123 Å². The maximum absolute atomic E-state index is 13.2. The first-order valence-corrected chi connectivity index (χ1v) is 15.0. The van der Waals surface area contributed by atoms with Crippen LogP contribution in [0.4, 0.5) is 24.5 Å². The number of hydrogen-bond acceptors (Lipinski definition) is 7. The van der Waals surface area contributed by atoms with Crippen molar-refractivity contribution in [2.75, 3.05) is 32.5 Å². The van der Waals surface area contributed by atoms with Crippen molar-refractivity contribution in [1.82, 2.24) is 25.1 Å². The summed E-state index contributed by atoms with van der Waals surface area (Å²) in [5.74, 6) is 0.738. The Balaban J connectivity index is 1.34. The lowest BCUT2D eigenvalue weighted by atomic mass is 9.96. The predicted octanol–water partition coefficient (Wildman–Crippen LogP) is 5.31. The average Bonchev–Trinajstić information content (AvgIpc) is 3.48. The van der Waals surface area contributed by atoms with Gasteiger partial charge in [-0.1, -0.05) is 12.1 Å². The molecule has 12 heteroatoms. The van der Waals surface area contributed by atoms with Crippen molar-refractivity contribution in [3.63, 3.8) is 0 Å². The Kier molecular flexibility index (Phi) is 7.82. The molecule has 4 aromatic rings. The number of carbonyl (C=O) groups excluding carboxylic acids is 1. The Morgan fingerprint density at radius 3 is 2.62 bits per heavy atom. The van der Waals surface area contributed by atoms with Gasteiger partial charge in [0.2, 0.25) is 0 Å². The highest BCUT2D eigenvalue weighted by atomic mass is 19.4. The van der Waals surface area contributed by atoms with E-state index in [-0.39, 0.29) is 24.2 Å². The van der Waals surface area contributed by atoms with E-state index in [4.69, 9.17) is 15.7 Å². The van der Waals surface area contributed by atoms with Crippen LogP contribution < -0.4 is 21.7 Å². The molecule has 3 atom stereocenters. The Labute approximate surface area is 259 Å². The second kappa shape index (κ2) is 11.5. The van der Waals surface area contributed by atoms with E-state index in [1.165, 1.54) is 6.07 Å². The summed E-state index contributed by atoms with van der Waals surface area (Å²) in [4.78, 5) is 25.2. The van der Waals surface area contributed by atoms with E-state index in [1.807, 2.05) is 38.4 Å². The third kappa shape index (κ3) is 5.99. The highest BCUT2D eigenvalue weighted by Crippen LogP contribution is 2.46. The number of fused-ring (bicyclic) bond motifs is 5. The standard InChI is InChI=1S/C33H37F3N8O/c1-19-32(2,42-19)28-29(37)40-25-11-10-23(38-13-6-14-43(3)4)17-24(25)30-41-26-16-21(9-12-27(26)44(28)30)31(45)39-18-20-7-5-8-22(15-20)33(34,35)36/h5,7-12,15-17,19,28,38,42H,6,13-14,18H2,1-4H3,(H2,37,40)(H,39,45)/t19?,28?,32-/m1/s1. The lowest BCUT2D eigenvalue weighted by Gasteiger charge is -2.25. The van der Waals surface area contributed by atoms with Crippen LogP contribution in [0.5, 0.6) is 0 Å². The number of anilines is 1. The molecule has 0 saturated carbocycles. The number of nitrogens with one attached hydrogen (secondary N) is 3. The van der Waals surface area contributed by atoms with E-state index < -0.39 is 17.6 Å². The summed E-state index contributed by atoms with van der Waals surface area (Å²) in [7, 11) is 4.10. The van der Waals surface area contributed by atoms with Crippen molar-refractivity contribution in [2.45, 2.75) is 50.6 Å². The van der Waals surface area contributed by atoms with Crippen LogP contribution in [0.1, 0.15) is 47.8 Å². The molecular formula is C33H37F3N8O. The molecule has 0 bridgehead atoms. The molecule has 1 aromatic heterocycles. The highest BCUT2D eigenvalue weighted by molar-refractivity contribution is 6.00. The third-order valence-corrected chi connectivity index (χ3v) is 8.71. The highest BCUT2D eigenvalue weighted by Gasteiger charge is 2.55. The fraction of sp³-hybridized carbons (Fsp3) is 0.364. The normalized spacial score (nSPS) is 20.8. The van der Waals surface area contributed by atoms with Gasteiger partial charge in [-0.25, -0.2) is 9.98 Å². The summed E-state index contributed by atoms with van der Waals surface area (Å²) in [5, 5.41) is 9.77. The van der Waals surface area contributed by atoms with Gasteiger partial charge in [0, 0.05) is 35.9 Å². The van der Waals surface area contributed by atoms with E-state index >= 15 is 0 Å². The third-order valence-electron chi connectivity index (χ3n) is 8.71. The van der Waals surface area contributed by atoms with Gasteiger partial charge >= 0.3 is 6.18 Å². The molecule has 1 amide bonds. The zero-order valence-corrected chi connectivity index (χ0v) is 25.7. The number of alkyl halides is 3. The number of nitrogens with two attached hydrogens (primary N) is 1. The van der Waals surface area contributed by atoms with E-state index in [1.54, 1.807) is 18.2 Å². The SMILES string of the molecule is CC1N[C@@]1(C)C1C(N)=Nc2ccc(NCCCN(C)C)cc2-c2nc3cc(C(=O)NCc4cccc(C(F)(F)F)c4)ccc3n21. The fourth-order valence-corrected chi connectivity index (χ4v) is 6.03. The number of amidine groups is 1. The minimum absolute atomic E-state index is 0.0465. The number of aliphatic imine (C=N–C) groups is 1. The number of hydrogen-bond donors (Lipinski definition) is 4. The van der Waals surface area contributed by atoms with Crippen LogP contribution >= 0.6 is 0 Å². The van der Waals surface area contributed by atoms with Gasteiger partial charge in [0.15, 0.2) is 0 Å². The molecule has 3 aromatic carbocycles. The fourth-order valence-electron chi connectivity index (χ4n) is 6.03. The first-order valence-electron chi connectivity index (χ1n) is 15.0. The van der Waals surface area contributed by atoms with Gasteiger partial charge in [0.1, 0.15) is 17.7 Å². The predicted molar refractivity (Wildman–Crippen MR) is 171 cm³/mol. The maximum atomic E-state index is 13.2. The van der Waals surface area contributed by atoms with Crippen molar-refractivity contribution < 1.29 is 18.0 Å². The van der Waals surface area contributed by atoms with E-state index in [9.17, 15) is 18.0 Å². The van der Waals surface area contributed by atoms with Gasteiger partial charge in [0.25, 0.3) is 5.91 Å². The van der Waals surface area contributed by atoms with Crippen LogP contribution in [0.2, 0.25) is 0 Å². The van der Waals surface area contributed by atoms with Crippen molar-refractivity contribution >= 4 is 34.2 Å². The number of rotatable bonds is 9. The summed E-state index contributed by atoms with van der Waals surface area (Å²) in [6, 6.07) is 16.0. The second-order valence-corrected chi connectivity index (χ2v) is 12.3. The molecule has 2 aliphatic heterocycles. The first-order chi connectivity index (χ1) is 21.3. The van der Waals surface area contributed by atoms with E-state index in [2.05, 4.69) is 39.3 Å². The van der Waals surface area contributed by atoms with Crippen LogP contribution in [0.15, 0.2) is 65.7 Å². The zero-order chi connectivity index (χ0) is 32.1. The number of imidazole rings is 1. The molecular weight excluding hydrogens is 581 g/mol. The van der Waals surface area contributed by atoms with Crippen LogP contribution in [-0.2, 0) is 12.7 Å². The quantitative estimate of drug-likeness (QED) is 0.149. The minimum atomic E-state index is -4.46. The van der Waals surface area contributed by atoms with E-state index in [0.717, 1.165) is 48.4 Å². The van der Waals surface area contributed by atoms with Crippen molar-refractivity contribution in [2.24, 2.45) is 10.7 Å². The maximum Gasteiger partial charge on any atom is 0.416 e. The van der Waals surface area contributed by atoms with Crippen molar-refractivity contribution in [3.05, 3.63) is 77.4 Å². The van der Waals surface area contributed by atoms with Gasteiger partial charge in [0.05, 0.1) is 27.8 Å². The summed E-state index contributed by atoms with van der Waals surface area (Å²) in [5.41, 5.74) is 10.2. The van der Waals surface area contributed by atoms with Gasteiger partial charge in [-0.05, 0) is 95.0 Å². The molecule has 5 N–H and O–H groups in total. The number of amides is 1. The zero-order valence-electron chi connectivity index (χ0n) is 25.7. The monoisotopic (exact) mass is 618 g/mol. The average molecular weight is 619 g/mol. The Morgan fingerprint density at radius 2 is 1.91 bits per heavy atom. The number of aromatic nitrogens is 2. The minimum Gasteiger partial charge on any atom is -0.385 e. The lowest BCUT2D eigenvalue weighted by Crippen LogP contribution is -2.39. The van der Waals surface area contributed by atoms with E-state index in [0.29, 0.717) is 34.0 Å². The molecule has 0 spiro atoms. The number of benzene rings is 3. The molecule has 0 radical (unpaired) electrons. The molecule has 45 heavy (non-hydrogen) atoms. The molecule has 2 aliphatic rings. The lowest BCUT2D eigenvalue weighted by molar-refractivity contribution is -0.137. The van der Waals surface area contributed by atoms with Crippen LogP contribution in [0.3, 0.4) is 0 Å². The number of carbonyl (C=O) groups is 1. The smallest absolute Gasteiger partial charge is 0.385 e. The summed E-state index contributed by atoms with van der Waals surface area (Å²) < 4.78 is 41.5. The largest absolute Gasteiger partial charge is 0.416 e. The van der Waals surface area contributed by atoms with Crippen LogP contribution in [0, 0.1) is 0 Å². The molecule has 1 fully saturated rings. The van der Waals surface area contributed by atoms with Crippen molar-refractivity contribution in [1.29, 1.82) is 0 Å². The molecule has 0 aliphatic carbocycles. The van der Waals surface area contributed by atoms with Gasteiger partial charge in [-0.15, -0.1) is 0 Å². The molecule has 6 rings (SSSR count). The second-order valence-electron chi connectivity index (χ2n) is 12.3. The van der Waals surface area contributed by atoms with Gasteiger partial charge in [-0.3, -0.25) is 4.79 Å². The summed E-state index contributed by atoms with van der Waals surface area (Å²) >= 11 is 0. The number of nitrogens with zero attached hydrogens (tertiary/aromatic N) is 4. The summed E-state index contributed by atoms with van der Waals surface area (Å²) in [6.45, 7) is 5.95. The molecule has 236 valence electrons. The van der Waals surface area contributed by atoms with Crippen LogP contribution in [-0.4, -0.2) is 65.0 Å². The Hall–Kier alpha value is -4.42. The van der Waals surface area contributed by atoms with Gasteiger partial charge in [-0.2, -0.15) is 13.2 Å². The Morgan fingerprint density at radius 1 is 1.13 bits per heavy atom. The number of halogens is 3. The van der Waals surface area contributed by atoms with Gasteiger partial charge < -0.3 is 31.2 Å².